The Morgan fingerprint density at radius 2 is 1.96 bits per heavy atom. The molecule has 2 aromatic rings. The highest BCUT2D eigenvalue weighted by Gasteiger charge is 2.07. The predicted octanol–water partition coefficient (Wildman–Crippen LogP) is 3.69. The summed E-state index contributed by atoms with van der Waals surface area (Å²) in [6.07, 6.45) is 0. The first-order valence-electron chi connectivity index (χ1n) is 7.49. The Balaban J connectivity index is 1.86. The summed E-state index contributed by atoms with van der Waals surface area (Å²) >= 11 is 5.89. The minimum Gasteiger partial charge on any atom is -0.491 e. The maximum Gasteiger partial charge on any atom is 0.262 e. The van der Waals surface area contributed by atoms with Gasteiger partial charge >= 0.3 is 0 Å². The van der Waals surface area contributed by atoms with Gasteiger partial charge in [-0.1, -0.05) is 17.7 Å². The zero-order chi connectivity index (χ0) is 17.4. The minimum atomic E-state index is -0.251. The minimum absolute atomic E-state index is 0.0861. The van der Waals surface area contributed by atoms with Crippen LogP contribution in [0.1, 0.15) is 5.56 Å². The van der Waals surface area contributed by atoms with Crippen LogP contribution in [0.4, 0.5) is 5.69 Å². The lowest BCUT2D eigenvalue weighted by molar-refractivity contribution is -0.118. The molecule has 0 aromatic heterocycles. The van der Waals surface area contributed by atoms with Gasteiger partial charge in [-0.05, 0) is 42.8 Å². The summed E-state index contributed by atoms with van der Waals surface area (Å²) in [6.45, 7) is 2.74. The number of carbonyl (C=O) groups excluding carboxylic acids is 1. The smallest absolute Gasteiger partial charge is 0.262 e. The van der Waals surface area contributed by atoms with Crippen LogP contribution in [0, 0.1) is 6.92 Å². The third kappa shape index (κ3) is 5.76. The molecule has 6 heteroatoms. The molecule has 0 fully saturated rings. The Bertz CT molecular complexity index is 690. The molecule has 0 radical (unpaired) electrons. The Kier molecular flexibility index (Phi) is 6.90. The summed E-state index contributed by atoms with van der Waals surface area (Å²) in [7, 11) is 1.61. The highest BCUT2D eigenvalue weighted by molar-refractivity contribution is 6.30. The summed E-state index contributed by atoms with van der Waals surface area (Å²) in [4.78, 5) is 12.0. The normalized spacial score (nSPS) is 10.3. The lowest BCUT2D eigenvalue weighted by Gasteiger charge is -2.11. The van der Waals surface area contributed by atoms with Crippen LogP contribution in [-0.2, 0) is 9.53 Å². The number of hydrogen-bond donors (Lipinski definition) is 1. The maximum atomic E-state index is 12.0. The van der Waals surface area contributed by atoms with Gasteiger partial charge in [0.25, 0.3) is 5.91 Å². The molecule has 0 spiro atoms. The molecule has 1 N–H and O–H groups in total. The first-order chi connectivity index (χ1) is 11.6. The second-order valence-corrected chi connectivity index (χ2v) is 5.55. The van der Waals surface area contributed by atoms with Gasteiger partial charge in [-0.3, -0.25) is 4.79 Å². The van der Waals surface area contributed by atoms with Crippen LogP contribution in [0.3, 0.4) is 0 Å². The molecule has 5 nitrogen and oxygen atoms in total. The van der Waals surface area contributed by atoms with Crippen molar-refractivity contribution in [1.82, 2.24) is 0 Å². The van der Waals surface area contributed by atoms with E-state index in [2.05, 4.69) is 5.32 Å². The number of halogens is 1. The number of anilines is 1. The number of nitrogens with one attached hydrogen (secondary N) is 1. The number of benzene rings is 2. The lowest BCUT2D eigenvalue weighted by Crippen LogP contribution is -2.20. The number of ether oxygens (including phenoxy) is 3. The van der Waals surface area contributed by atoms with Crippen molar-refractivity contribution in [3.05, 3.63) is 53.1 Å². The monoisotopic (exact) mass is 349 g/mol. The Labute approximate surface area is 146 Å². The van der Waals surface area contributed by atoms with Gasteiger partial charge in [0, 0.05) is 23.9 Å². The summed E-state index contributed by atoms with van der Waals surface area (Å²) in [6, 6.07) is 12.4. The topological polar surface area (TPSA) is 56.8 Å². The second-order valence-electron chi connectivity index (χ2n) is 5.12. The third-order valence-electron chi connectivity index (χ3n) is 3.17. The number of methoxy groups -OCH3 is 1. The highest BCUT2D eigenvalue weighted by atomic mass is 35.5. The van der Waals surface area contributed by atoms with Crippen molar-refractivity contribution in [2.45, 2.75) is 6.92 Å². The van der Waals surface area contributed by atoms with Crippen molar-refractivity contribution >= 4 is 23.2 Å². The van der Waals surface area contributed by atoms with Crippen LogP contribution in [0.2, 0.25) is 5.02 Å². The molecular formula is C18H20ClNO4. The van der Waals surface area contributed by atoms with Crippen LogP contribution in [0.15, 0.2) is 42.5 Å². The van der Waals surface area contributed by atoms with E-state index in [1.165, 1.54) is 0 Å². The van der Waals surface area contributed by atoms with E-state index in [1.807, 2.05) is 19.1 Å². The first kappa shape index (κ1) is 18.1. The summed E-state index contributed by atoms with van der Waals surface area (Å²) in [5.41, 5.74) is 1.52. The molecule has 0 aliphatic rings. The fourth-order valence-corrected chi connectivity index (χ4v) is 2.25. The van der Waals surface area contributed by atoms with Gasteiger partial charge in [-0.15, -0.1) is 0 Å². The molecule has 1 amide bonds. The van der Waals surface area contributed by atoms with Crippen molar-refractivity contribution in [3.8, 4) is 11.5 Å². The van der Waals surface area contributed by atoms with E-state index in [0.717, 1.165) is 5.56 Å². The molecule has 0 atom stereocenters. The standard InChI is InChI=1S/C18H20ClNO4/c1-13-10-14(19)6-7-17(13)24-12-18(21)20-15-4-3-5-16(11-15)23-9-8-22-2/h3-7,10-11H,8-9,12H2,1-2H3,(H,20,21). The summed E-state index contributed by atoms with van der Waals surface area (Å²) in [5.74, 6) is 1.05. The van der Waals surface area contributed by atoms with Gasteiger partial charge in [-0.2, -0.15) is 0 Å². The van der Waals surface area contributed by atoms with Crippen LogP contribution >= 0.6 is 11.6 Å². The molecule has 24 heavy (non-hydrogen) atoms. The summed E-state index contributed by atoms with van der Waals surface area (Å²) < 4.78 is 16.0. The van der Waals surface area contributed by atoms with Crippen LogP contribution in [0.5, 0.6) is 11.5 Å². The van der Waals surface area contributed by atoms with Gasteiger partial charge < -0.3 is 19.5 Å². The molecule has 0 heterocycles. The van der Waals surface area contributed by atoms with Crippen molar-refractivity contribution in [2.75, 3.05) is 32.2 Å². The first-order valence-corrected chi connectivity index (χ1v) is 7.87. The largest absolute Gasteiger partial charge is 0.491 e. The van der Waals surface area contributed by atoms with E-state index in [0.29, 0.717) is 35.4 Å². The zero-order valence-corrected chi connectivity index (χ0v) is 14.4. The third-order valence-corrected chi connectivity index (χ3v) is 3.40. The summed E-state index contributed by atoms with van der Waals surface area (Å²) in [5, 5.41) is 3.41. The van der Waals surface area contributed by atoms with Crippen LogP contribution < -0.4 is 14.8 Å². The van der Waals surface area contributed by atoms with Crippen molar-refractivity contribution in [1.29, 1.82) is 0 Å². The predicted molar refractivity (Wildman–Crippen MR) is 94.1 cm³/mol. The fourth-order valence-electron chi connectivity index (χ4n) is 2.02. The lowest BCUT2D eigenvalue weighted by atomic mass is 10.2. The number of carbonyl (C=O) groups is 1. The Morgan fingerprint density at radius 1 is 1.12 bits per heavy atom. The Morgan fingerprint density at radius 3 is 2.71 bits per heavy atom. The van der Waals surface area contributed by atoms with E-state index >= 15 is 0 Å². The van der Waals surface area contributed by atoms with Gasteiger partial charge in [0.15, 0.2) is 6.61 Å². The highest BCUT2D eigenvalue weighted by Crippen LogP contribution is 2.22. The Hall–Kier alpha value is -2.24. The quantitative estimate of drug-likeness (QED) is 0.738. The SMILES string of the molecule is COCCOc1cccc(NC(=O)COc2ccc(Cl)cc2C)c1. The number of hydrogen-bond acceptors (Lipinski definition) is 4. The number of rotatable bonds is 8. The molecule has 0 saturated heterocycles. The van der Waals surface area contributed by atoms with E-state index < -0.39 is 0 Å². The molecule has 0 unspecified atom stereocenters. The fraction of sp³-hybridized carbons (Fsp3) is 0.278. The van der Waals surface area contributed by atoms with Gasteiger partial charge in [0.2, 0.25) is 0 Å². The average molecular weight is 350 g/mol. The molecule has 0 bridgehead atoms. The molecule has 0 aliphatic carbocycles. The van der Waals surface area contributed by atoms with Crippen molar-refractivity contribution in [2.24, 2.45) is 0 Å². The van der Waals surface area contributed by atoms with Crippen molar-refractivity contribution < 1.29 is 19.0 Å². The molecule has 128 valence electrons. The molecule has 2 rings (SSSR count). The molecular weight excluding hydrogens is 330 g/mol. The average Bonchev–Trinajstić information content (AvgIpc) is 2.55. The van der Waals surface area contributed by atoms with Gasteiger partial charge in [-0.25, -0.2) is 0 Å². The molecule has 2 aromatic carbocycles. The van der Waals surface area contributed by atoms with Crippen molar-refractivity contribution in [3.63, 3.8) is 0 Å². The van der Waals surface area contributed by atoms with E-state index in [-0.39, 0.29) is 12.5 Å². The van der Waals surface area contributed by atoms with Gasteiger partial charge in [0.1, 0.15) is 18.1 Å². The number of aryl methyl sites for hydroxylation is 1. The maximum absolute atomic E-state index is 12.0. The number of amides is 1. The van der Waals surface area contributed by atoms with Crippen LogP contribution in [0.25, 0.3) is 0 Å². The van der Waals surface area contributed by atoms with E-state index in [4.69, 9.17) is 25.8 Å². The van der Waals surface area contributed by atoms with E-state index in [1.54, 1.807) is 37.4 Å². The molecule has 0 aliphatic heterocycles. The van der Waals surface area contributed by atoms with E-state index in [9.17, 15) is 4.79 Å². The van der Waals surface area contributed by atoms with Gasteiger partial charge in [0.05, 0.1) is 6.61 Å². The van der Waals surface area contributed by atoms with Crippen LogP contribution in [-0.4, -0.2) is 32.8 Å². The molecule has 0 saturated carbocycles. The zero-order valence-electron chi connectivity index (χ0n) is 13.7. The second kappa shape index (κ2) is 9.15.